The number of rotatable bonds is 8. The summed E-state index contributed by atoms with van der Waals surface area (Å²) in [5, 5.41) is 0.204. The van der Waals surface area contributed by atoms with Gasteiger partial charge in [0.1, 0.15) is 5.56 Å². The van der Waals surface area contributed by atoms with E-state index in [2.05, 4.69) is 0 Å². The first-order valence-corrected chi connectivity index (χ1v) is 13.0. The molecule has 188 valence electrons. The molecule has 2 aromatic rings. The number of sulfonamides is 1. The highest BCUT2D eigenvalue weighted by atomic mass is 32.2. The van der Waals surface area contributed by atoms with Gasteiger partial charge in [0, 0.05) is 52.5 Å². The van der Waals surface area contributed by atoms with Crippen LogP contribution in [0.15, 0.2) is 34.1 Å². The molecule has 0 bridgehead atoms. The van der Waals surface area contributed by atoms with Crippen LogP contribution in [0, 0.1) is 11.8 Å². The predicted octanol–water partition coefficient (Wildman–Crippen LogP) is 2.38. The van der Waals surface area contributed by atoms with Gasteiger partial charge in [-0.25, -0.2) is 8.42 Å². The Hall–Kier alpha value is -2.27. The number of nitrogens with zero attached hydrogens (tertiary/aromatic N) is 3. The first kappa shape index (κ1) is 26.3. The van der Waals surface area contributed by atoms with Crippen LogP contribution in [0.3, 0.4) is 0 Å². The largest absolute Gasteiger partial charge is 0.354 e. The van der Waals surface area contributed by atoms with Gasteiger partial charge in [-0.15, -0.1) is 0 Å². The van der Waals surface area contributed by atoms with Crippen LogP contribution in [-0.2, 0) is 26.0 Å². The minimum Gasteiger partial charge on any atom is -0.354 e. The van der Waals surface area contributed by atoms with Gasteiger partial charge in [-0.3, -0.25) is 9.59 Å². The normalized spacial score (nSPS) is 19.6. The van der Waals surface area contributed by atoms with E-state index in [4.69, 9.17) is 9.47 Å². The number of carbonyl (C=O) groups excluding carboxylic acids is 1. The van der Waals surface area contributed by atoms with E-state index < -0.39 is 27.6 Å². The fourth-order valence-corrected chi connectivity index (χ4v) is 6.37. The lowest BCUT2D eigenvalue weighted by atomic mass is 9.94. The summed E-state index contributed by atoms with van der Waals surface area (Å²) in [6.45, 7) is 7.53. The summed E-state index contributed by atoms with van der Waals surface area (Å²) < 4.78 is 40.4. The van der Waals surface area contributed by atoms with Gasteiger partial charge < -0.3 is 18.9 Å². The van der Waals surface area contributed by atoms with Gasteiger partial charge in [-0.2, -0.15) is 4.31 Å². The van der Waals surface area contributed by atoms with Crippen LogP contribution in [0.4, 0.5) is 0 Å². The Kier molecular flexibility index (Phi) is 8.18. The van der Waals surface area contributed by atoms with Gasteiger partial charge >= 0.3 is 0 Å². The topological polar surface area (TPSA) is 98.1 Å². The fraction of sp³-hybridized carbons (Fsp3) is 0.583. The molecule has 2 heterocycles. The van der Waals surface area contributed by atoms with Crippen molar-refractivity contribution in [2.45, 2.75) is 44.9 Å². The molecular formula is C24H35N3O6S. The number of ether oxygens (including phenoxy) is 2. The quantitative estimate of drug-likeness (QED) is 0.524. The lowest BCUT2D eigenvalue weighted by molar-refractivity contribution is -0.110. The molecular weight excluding hydrogens is 458 g/mol. The van der Waals surface area contributed by atoms with E-state index in [1.54, 1.807) is 23.7 Å². The highest BCUT2D eigenvalue weighted by molar-refractivity contribution is 7.89. The number of pyridine rings is 1. The maximum Gasteiger partial charge on any atom is 0.259 e. The van der Waals surface area contributed by atoms with Crippen molar-refractivity contribution in [1.29, 1.82) is 0 Å². The van der Waals surface area contributed by atoms with E-state index in [0.717, 1.165) is 6.42 Å². The summed E-state index contributed by atoms with van der Waals surface area (Å²) in [4.78, 5) is 27.9. The Morgan fingerprint density at radius 3 is 2.35 bits per heavy atom. The highest BCUT2D eigenvalue weighted by Gasteiger charge is 2.32. The minimum atomic E-state index is -3.77. The average molecular weight is 494 g/mol. The second kappa shape index (κ2) is 10.6. The van der Waals surface area contributed by atoms with Crippen molar-refractivity contribution < 1.29 is 22.7 Å². The van der Waals surface area contributed by atoms with Gasteiger partial charge in [0.2, 0.25) is 15.5 Å². The zero-order valence-electron chi connectivity index (χ0n) is 20.8. The van der Waals surface area contributed by atoms with Crippen LogP contribution < -0.4 is 5.43 Å². The van der Waals surface area contributed by atoms with Crippen LogP contribution in [0.25, 0.3) is 10.9 Å². The molecule has 1 fully saturated rings. The van der Waals surface area contributed by atoms with Crippen molar-refractivity contribution in [3.8, 4) is 0 Å². The number of amides is 1. The van der Waals surface area contributed by atoms with E-state index >= 15 is 0 Å². The molecule has 0 radical (unpaired) electrons. The molecule has 2 atom stereocenters. The molecule has 1 aliphatic heterocycles. The summed E-state index contributed by atoms with van der Waals surface area (Å²) in [5.74, 6) is 0.0401. The van der Waals surface area contributed by atoms with Crippen molar-refractivity contribution in [2.24, 2.45) is 11.8 Å². The molecule has 1 aliphatic rings. The smallest absolute Gasteiger partial charge is 0.259 e. The van der Waals surface area contributed by atoms with Gasteiger partial charge in [0.05, 0.1) is 17.0 Å². The van der Waals surface area contributed by atoms with Gasteiger partial charge in [-0.05, 0) is 43.4 Å². The summed E-state index contributed by atoms with van der Waals surface area (Å²) in [7, 11) is 0.733. The standard InChI is InChI=1S/C24H35N3O6S/c1-7-26-14-20(24(29)25(4)15-22(32-5)33-6)23(28)19-11-18(8-9-21(19)26)34(30,31)27-12-16(2)10-17(3)13-27/h8-9,11,14,16-17,22H,7,10,12-13,15H2,1-6H3/t16-,17-/m0/s1. The number of piperidine rings is 1. The molecule has 1 amide bonds. The van der Waals surface area contributed by atoms with Crippen LogP contribution in [0.2, 0.25) is 0 Å². The maximum atomic E-state index is 13.4. The third-order valence-electron chi connectivity index (χ3n) is 6.39. The van der Waals surface area contributed by atoms with Crippen LogP contribution in [-0.4, -0.2) is 75.3 Å². The fourth-order valence-electron chi connectivity index (χ4n) is 4.66. The molecule has 0 saturated carbocycles. The Morgan fingerprint density at radius 2 is 1.79 bits per heavy atom. The highest BCUT2D eigenvalue weighted by Crippen LogP contribution is 2.28. The second-order valence-corrected chi connectivity index (χ2v) is 11.1. The van der Waals surface area contributed by atoms with Crippen molar-refractivity contribution in [1.82, 2.24) is 13.8 Å². The number of aryl methyl sites for hydroxylation is 1. The number of fused-ring (bicyclic) bond motifs is 1. The molecule has 10 heteroatoms. The lowest BCUT2D eigenvalue weighted by Crippen LogP contribution is -2.42. The predicted molar refractivity (Wildman–Crippen MR) is 130 cm³/mol. The molecule has 0 aliphatic carbocycles. The molecule has 34 heavy (non-hydrogen) atoms. The summed E-state index contributed by atoms with van der Waals surface area (Å²) in [5.41, 5.74) is 0.0515. The monoisotopic (exact) mass is 493 g/mol. The van der Waals surface area contributed by atoms with Gasteiger partial charge in [0.15, 0.2) is 6.29 Å². The Balaban J connectivity index is 2.07. The summed E-state index contributed by atoms with van der Waals surface area (Å²) >= 11 is 0. The SMILES string of the molecule is CCn1cc(C(=O)N(C)CC(OC)OC)c(=O)c2cc(S(=O)(=O)N3C[C@@H](C)C[C@H](C)C3)ccc21. The van der Waals surface area contributed by atoms with Gasteiger partial charge in [0.25, 0.3) is 5.91 Å². The number of likely N-dealkylation sites (N-methyl/N-ethyl adjacent to an activating group) is 1. The first-order chi connectivity index (χ1) is 16.0. The van der Waals surface area contributed by atoms with Crippen molar-refractivity contribution in [3.05, 3.63) is 40.2 Å². The van der Waals surface area contributed by atoms with Crippen LogP contribution in [0.1, 0.15) is 37.6 Å². The van der Waals surface area contributed by atoms with E-state index in [0.29, 0.717) is 25.2 Å². The van der Waals surface area contributed by atoms with E-state index in [-0.39, 0.29) is 34.2 Å². The van der Waals surface area contributed by atoms with Crippen LogP contribution >= 0.6 is 0 Å². The van der Waals surface area contributed by atoms with Crippen molar-refractivity contribution in [3.63, 3.8) is 0 Å². The molecule has 9 nitrogen and oxygen atoms in total. The zero-order valence-corrected chi connectivity index (χ0v) is 21.6. The Labute approximate surface area is 201 Å². The minimum absolute atomic E-state index is 0.0300. The number of carbonyl (C=O) groups is 1. The average Bonchev–Trinajstić information content (AvgIpc) is 2.81. The molecule has 3 rings (SSSR count). The zero-order chi connectivity index (χ0) is 25.2. The van der Waals surface area contributed by atoms with Gasteiger partial charge in [-0.1, -0.05) is 13.8 Å². The third kappa shape index (κ3) is 5.19. The maximum absolute atomic E-state index is 13.4. The molecule has 1 aromatic heterocycles. The van der Waals surface area contributed by atoms with Crippen molar-refractivity contribution in [2.75, 3.05) is 40.9 Å². The number of hydrogen-bond acceptors (Lipinski definition) is 6. The first-order valence-electron chi connectivity index (χ1n) is 11.5. The molecule has 0 unspecified atom stereocenters. The number of benzene rings is 1. The van der Waals surface area contributed by atoms with E-state index in [1.807, 2.05) is 20.8 Å². The molecule has 0 spiro atoms. The number of hydrogen-bond donors (Lipinski definition) is 0. The molecule has 1 saturated heterocycles. The van der Waals surface area contributed by atoms with E-state index in [1.165, 1.54) is 35.7 Å². The third-order valence-corrected chi connectivity index (χ3v) is 8.22. The Morgan fingerprint density at radius 1 is 1.18 bits per heavy atom. The van der Waals surface area contributed by atoms with E-state index in [9.17, 15) is 18.0 Å². The Bertz CT molecular complexity index is 1200. The summed E-state index contributed by atoms with van der Waals surface area (Å²) in [6, 6.07) is 4.60. The summed E-state index contributed by atoms with van der Waals surface area (Å²) in [6.07, 6.45) is 1.88. The second-order valence-electron chi connectivity index (χ2n) is 9.19. The van der Waals surface area contributed by atoms with Crippen molar-refractivity contribution >= 4 is 26.8 Å². The molecule has 0 N–H and O–H groups in total. The molecule has 1 aromatic carbocycles. The van der Waals surface area contributed by atoms with Crippen LogP contribution in [0.5, 0.6) is 0 Å². The number of aromatic nitrogens is 1. The number of methoxy groups -OCH3 is 2. The lowest BCUT2D eigenvalue weighted by Gasteiger charge is -2.34.